The maximum Gasteiger partial charge on any atom is 0.234 e. The molecule has 0 radical (unpaired) electrons. The molecule has 0 aliphatic heterocycles. The van der Waals surface area contributed by atoms with Crippen LogP contribution in [0.5, 0.6) is 0 Å². The maximum absolute atomic E-state index is 4.95. The van der Waals surface area contributed by atoms with Crippen molar-refractivity contribution in [2.45, 2.75) is 0 Å². The second-order valence-corrected chi connectivity index (χ2v) is 31.0. The Kier molecular flexibility index (Phi) is 18.8. The summed E-state index contributed by atoms with van der Waals surface area (Å²) < 4.78 is 6.59. The standard InChI is InChI=1S/3C38H25N3/c1-2-10-26(11-3-1)28-13-8-14-29(22-28)30-15-9-16-31(23-30)32-24-39-38(40-25-32)41-36-19-7-6-18-34(36)35-21-20-27-12-4-5-17-33(27)37(35)41;1-2-10-26(11-3-1)27-18-20-29(21-19-27)31-13-6-7-14-32(31)30-24-39-38(40-25-30)41-36-17-9-8-16-34(36)35-23-22-28-12-4-5-15-33(28)37(35)41;1-2-8-26(9-3-1)27-14-16-28(17-15-27)29-18-20-30(21-19-29)32-24-39-38(40-25-32)41-36-13-7-6-12-34(36)35-23-22-31-10-4-5-11-33(31)37(35)41/h3*1-25H. The van der Waals surface area contributed by atoms with E-state index in [0.717, 1.165) is 72.0 Å². The minimum absolute atomic E-state index is 0.668. The van der Waals surface area contributed by atoms with Crippen molar-refractivity contribution >= 4 is 97.7 Å². The lowest BCUT2D eigenvalue weighted by Crippen LogP contribution is -2.01. The van der Waals surface area contributed by atoms with Crippen LogP contribution < -0.4 is 0 Å². The molecule has 0 unspecified atom stereocenters. The Bertz CT molecular complexity index is 8040. The zero-order chi connectivity index (χ0) is 81.5. The van der Waals surface area contributed by atoms with Gasteiger partial charge in [-0.25, -0.2) is 29.9 Å². The first-order chi connectivity index (χ1) is 61.0. The van der Waals surface area contributed by atoms with E-state index in [1.165, 1.54) is 126 Å². The average Bonchev–Trinajstić information content (AvgIpc) is 1.59. The van der Waals surface area contributed by atoms with E-state index in [2.05, 4.69) is 414 Å². The summed E-state index contributed by atoms with van der Waals surface area (Å²) in [6.45, 7) is 0. The third-order valence-electron chi connectivity index (χ3n) is 23.8. The first kappa shape index (κ1) is 72.8. The molecule has 24 aromatic rings. The minimum Gasteiger partial charge on any atom is -0.277 e. The molecule has 6 aromatic heterocycles. The second kappa shape index (κ2) is 31.7. The number of rotatable bonds is 12. The third kappa shape index (κ3) is 13.6. The van der Waals surface area contributed by atoms with Crippen molar-refractivity contribution in [3.63, 3.8) is 0 Å². The van der Waals surface area contributed by atoms with E-state index < -0.39 is 0 Å². The first-order valence-electron chi connectivity index (χ1n) is 41.5. The molecule has 9 nitrogen and oxygen atoms in total. The van der Waals surface area contributed by atoms with Gasteiger partial charge in [0.15, 0.2) is 0 Å². The summed E-state index contributed by atoms with van der Waals surface area (Å²) in [6, 6.07) is 148. The Hall–Kier alpha value is -16.6. The molecule has 123 heavy (non-hydrogen) atoms. The number of fused-ring (bicyclic) bond motifs is 15. The SMILES string of the molecule is c1ccc(-c2ccc(-c3ccc(-c4cnc(-n5c6ccccc6c6ccc7ccccc7c65)nc4)cc3)cc2)cc1.c1ccc(-c2ccc(-c3ccccc3-c3cnc(-n4c5ccccc5c5ccc6ccccc6c54)nc3)cc2)cc1.c1ccc(-c2cccc(-c3cccc(-c4cnc(-n5c6ccccc6c6ccc7ccccc7c65)nc4)c3)c2)cc1. The molecule has 0 amide bonds. The summed E-state index contributed by atoms with van der Waals surface area (Å²) >= 11 is 0. The van der Waals surface area contributed by atoms with Crippen LogP contribution >= 0.6 is 0 Å². The molecule has 576 valence electrons. The van der Waals surface area contributed by atoms with Gasteiger partial charge in [-0.3, -0.25) is 13.7 Å². The van der Waals surface area contributed by atoms with Gasteiger partial charge in [0.25, 0.3) is 0 Å². The normalized spacial score (nSPS) is 11.4. The van der Waals surface area contributed by atoms with Gasteiger partial charge in [0.1, 0.15) is 0 Å². The largest absolute Gasteiger partial charge is 0.277 e. The highest BCUT2D eigenvalue weighted by Crippen LogP contribution is 2.42. The molecule has 24 rings (SSSR count). The quantitative estimate of drug-likeness (QED) is 0.121. The van der Waals surface area contributed by atoms with Gasteiger partial charge in [-0.1, -0.05) is 388 Å². The molecule has 6 heterocycles. The molecular formula is C114H75N9. The number of benzene rings is 18. The third-order valence-corrected chi connectivity index (χ3v) is 23.8. The molecule has 0 saturated heterocycles. The Labute approximate surface area is 710 Å². The van der Waals surface area contributed by atoms with Crippen LogP contribution in [0.4, 0.5) is 0 Å². The van der Waals surface area contributed by atoms with Crippen LogP contribution in [0.2, 0.25) is 0 Å². The first-order valence-corrected chi connectivity index (χ1v) is 41.5. The van der Waals surface area contributed by atoms with Crippen molar-refractivity contribution in [2.24, 2.45) is 0 Å². The molecule has 18 aromatic carbocycles. The molecular weight excluding hydrogens is 1500 g/mol. The summed E-state index contributed by atoms with van der Waals surface area (Å²) in [5, 5.41) is 14.4. The van der Waals surface area contributed by atoms with Crippen molar-refractivity contribution in [1.82, 2.24) is 43.6 Å². The minimum atomic E-state index is 0.668. The van der Waals surface area contributed by atoms with Crippen LogP contribution in [0.25, 0.3) is 216 Å². The summed E-state index contributed by atoms with van der Waals surface area (Å²) in [4.78, 5) is 29.5. The van der Waals surface area contributed by atoms with Crippen molar-refractivity contribution < 1.29 is 0 Å². The summed E-state index contributed by atoms with van der Waals surface area (Å²) in [6.07, 6.45) is 11.6. The highest BCUT2D eigenvalue weighted by Gasteiger charge is 2.22. The predicted octanol–water partition coefficient (Wildman–Crippen LogP) is 29.2. The van der Waals surface area contributed by atoms with Gasteiger partial charge < -0.3 is 0 Å². The molecule has 0 aliphatic rings. The maximum atomic E-state index is 4.95. The summed E-state index contributed by atoms with van der Waals surface area (Å²) in [7, 11) is 0. The Balaban J connectivity index is 0.000000110. The Morgan fingerprint density at radius 1 is 0.138 bits per heavy atom. The van der Waals surface area contributed by atoms with Gasteiger partial charge >= 0.3 is 0 Å². The Morgan fingerprint density at radius 3 is 0.715 bits per heavy atom. The highest BCUT2D eigenvalue weighted by atomic mass is 15.2. The molecule has 0 spiro atoms. The van der Waals surface area contributed by atoms with Gasteiger partial charge in [0, 0.05) is 102 Å². The molecule has 0 saturated carbocycles. The topological polar surface area (TPSA) is 92.1 Å². The molecule has 0 atom stereocenters. The number of nitrogens with zero attached hydrogens (tertiary/aromatic N) is 9. The van der Waals surface area contributed by atoms with Crippen LogP contribution in [0.3, 0.4) is 0 Å². The van der Waals surface area contributed by atoms with Crippen molar-refractivity contribution in [3.8, 4) is 118 Å². The molecule has 0 bridgehead atoms. The average molecular weight is 1570 g/mol. The zero-order valence-corrected chi connectivity index (χ0v) is 66.8. The fraction of sp³-hybridized carbons (Fsp3) is 0. The van der Waals surface area contributed by atoms with Gasteiger partial charge in [0.05, 0.1) is 33.1 Å². The monoisotopic (exact) mass is 1570 g/mol. The predicted molar refractivity (Wildman–Crippen MR) is 511 cm³/mol. The lowest BCUT2D eigenvalue weighted by atomic mass is 9.94. The fourth-order valence-corrected chi connectivity index (χ4v) is 17.7. The lowest BCUT2D eigenvalue weighted by Gasteiger charge is -2.12. The van der Waals surface area contributed by atoms with E-state index in [4.69, 9.17) is 29.9 Å². The highest BCUT2D eigenvalue weighted by molar-refractivity contribution is 6.21. The van der Waals surface area contributed by atoms with Crippen molar-refractivity contribution in [3.05, 3.63) is 456 Å². The fourth-order valence-electron chi connectivity index (χ4n) is 17.7. The van der Waals surface area contributed by atoms with E-state index in [0.29, 0.717) is 17.8 Å². The van der Waals surface area contributed by atoms with Gasteiger partial charge in [0.2, 0.25) is 17.8 Å². The number of para-hydroxylation sites is 3. The molecule has 0 aliphatic carbocycles. The second-order valence-electron chi connectivity index (χ2n) is 31.0. The zero-order valence-electron chi connectivity index (χ0n) is 66.8. The van der Waals surface area contributed by atoms with Crippen LogP contribution in [0, 0.1) is 0 Å². The van der Waals surface area contributed by atoms with E-state index >= 15 is 0 Å². The van der Waals surface area contributed by atoms with E-state index in [1.807, 2.05) is 55.4 Å². The van der Waals surface area contributed by atoms with E-state index in [-0.39, 0.29) is 0 Å². The molecule has 0 N–H and O–H groups in total. The lowest BCUT2D eigenvalue weighted by molar-refractivity contribution is 0.992. The van der Waals surface area contributed by atoms with Gasteiger partial charge in [-0.2, -0.15) is 0 Å². The van der Waals surface area contributed by atoms with Crippen LogP contribution in [0.1, 0.15) is 0 Å². The number of aromatic nitrogens is 9. The number of hydrogen-bond acceptors (Lipinski definition) is 6. The van der Waals surface area contributed by atoms with Crippen molar-refractivity contribution in [1.29, 1.82) is 0 Å². The summed E-state index contributed by atoms with van der Waals surface area (Å²) in [5.41, 5.74) is 27.3. The van der Waals surface area contributed by atoms with Crippen molar-refractivity contribution in [2.75, 3.05) is 0 Å². The van der Waals surface area contributed by atoms with E-state index in [1.54, 1.807) is 0 Å². The van der Waals surface area contributed by atoms with Crippen LogP contribution in [-0.4, -0.2) is 43.6 Å². The molecule has 0 fully saturated rings. The smallest absolute Gasteiger partial charge is 0.234 e. The number of hydrogen-bond donors (Lipinski definition) is 0. The van der Waals surface area contributed by atoms with Crippen LogP contribution in [0.15, 0.2) is 456 Å². The summed E-state index contributed by atoms with van der Waals surface area (Å²) in [5.74, 6) is 2.01. The van der Waals surface area contributed by atoms with Gasteiger partial charge in [-0.15, -0.1) is 0 Å². The Morgan fingerprint density at radius 2 is 0.366 bits per heavy atom. The van der Waals surface area contributed by atoms with Gasteiger partial charge in [-0.05, 0) is 130 Å². The van der Waals surface area contributed by atoms with E-state index in [9.17, 15) is 0 Å². The molecule has 9 heteroatoms. The van der Waals surface area contributed by atoms with Crippen LogP contribution in [-0.2, 0) is 0 Å².